The molecule has 0 atom stereocenters. The highest BCUT2D eigenvalue weighted by atomic mass is 35.5. The lowest BCUT2D eigenvalue weighted by Crippen LogP contribution is -2.36. The summed E-state index contributed by atoms with van der Waals surface area (Å²) in [4.78, 5) is 27.0. The highest BCUT2D eigenvalue weighted by molar-refractivity contribution is 6.30. The average Bonchev–Trinajstić information content (AvgIpc) is 3.18. The van der Waals surface area contributed by atoms with Gasteiger partial charge in [-0.15, -0.1) is 0 Å². The van der Waals surface area contributed by atoms with E-state index >= 15 is 0 Å². The maximum Gasteiger partial charge on any atom is 0.319 e. The molecule has 0 saturated heterocycles. The van der Waals surface area contributed by atoms with Gasteiger partial charge in [-0.1, -0.05) is 28.9 Å². The van der Waals surface area contributed by atoms with Crippen molar-refractivity contribution < 1.29 is 19.2 Å². The first-order valence-electron chi connectivity index (χ1n) is 6.61. The van der Waals surface area contributed by atoms with E-state index in [0.29, 0.717) is 29.3 Å². The number of halogens is 1. The monoisotopic (exact) mass is 321 g/mol. The molecule has 0 unspecified atom stereocenters. The zero-order valence-corrected chi connectivity index (χ0v) is 12.1. The van der Waals surface area contributed by atoms with Gasteiger partial charge < -0.3 is 14.9 Å². The number of rotatable bonds is 5. The quantitative estimate of drug-likeness (QED) is 0.814. The first kappa shape index (κ1) is 14.5. The van der Waals surface area contributed by atoms with E-state index in [1.165, 1.54) is 0 Å². The standard InChI is InChI=1S/C14H12ClN3O4/c15-9-3-1-2-8(6-9)11-17-10(22-18-11)7-16-12(19)14(4-5-14)13(20)21/h1-3,6H,4-5,7H2,(H,16,19)(H,20,21). The molecule has 7 nitrogen and oxygen atoms in total. The van der Waals surface area contributed by atoms with Crippen LogP contribution in [0.3, 0.4) is 0 Å². The summed E-state index contributed by atoms with van der Waals surface area (Å²) in [7, 11) is 0. The van der Waals surface area contributed by atoms with Gasteiger partial charge >= 0.3 is 5.97 Å². The zero-order valence-electron chi connectivity index (χ0n) is 11.4. The molecule has 0 radical (unpaired) electrons. The number of nitrogens with zero attached hydrogens (tertiary/aromatic N) is 2. The van der Waals surface area contributed by atoms with Crippen molar-refractivity contribution in [2.75, 3.05) is 0 Å². The second-order valence-electron chi connectivity index (χ2n) is 5.09. The number of benzene rings is 1. The fraction of sp³-hybridized carbons (Fsp3) is 0.286. The fourth-order valence-corrected chi connectivity index (χ4v) is 2.25. The molecule has 1 heterocycles. The molecular weight excluding hydrogens is 310 g/mol. The molecule has 1 saturated carbocycles. The summed E-state index contributed by atoms with van der Waals surface area (Å²) in [6, 6.07) is 6.97. The van der Waals surface area contributed by atoms with Gasteiger partial charge in [-0.2, -0.15) is 4.98 Å². The van der Waals surface area contributed by atoms with Crippen LogP contribution in [0.25, 0.3) is 11.4 Å². The average molecular weight is 322 g/mol. The topological polar surface area (TPSA) is 105 Å². The predicted molar refractivity (Wildman–Crippen MR) is 75.9 cm³/mol. The van der Waals surface area contributed by atoms with Crippen LogP contribution in [-0.4, -0.2) is 27.1 Å². The summed E-state index contributed by atoms with van der Waals surface area (Å²) in [6.45, 7) is -0.0125. The highest BCUT2D eigenvalue weighted by Gasteiger charge is 2.57. The molecule has 0 spiro atoms. The first-order valence-corrected chi connectivity index (χ1v) is 6.99. The fourth-order valence-electron chi connectivity index (χ4n) is 2.06. The summed E-state index contributed by atoms with van der Waals surface area (Å²) < 4.78 is 5.04. The molecule has 22 heavy (non-hydrogen) atoms. The lowest BCUT2D eigenvalue weighted by molar-refractivity contribution is -0.149. The van der Waals surface area contributed by atoms with E-state index in [2.05, 4.69) is 15.5 Å². The van der Waals surface area contributed by atoms with Gasteiger partial charge in [-0.05, 0) is 25.0 Å². The third kappa shape index (κ3) is 2.67. The van der Waals surface area contributed by atoms with Crippen LogP contribution >= 0.6 is 11.6 Å². The zero-order chi connectivity index (χ0) is 15.7. The van der Waals surface area contributed by atoms with Gasteiger partial charge in [0, 0.05) is 10.6 Å². The maximum absolute atomic E-state index is 11.9. The van der Waals surface area contributed by atoms with Crippen molar-refractivity contribution in [1.82, 2.24) is 15.5 Å². The van der Waals surface area contributed by atoms with Crippen LogP contribution < -0.4 is 5.32 Å². The number of aliphatic carboxylic acids is 1. The van der Waals surface area contributed by atoms with Crippen molar-refractivity contribution in [3.05, 3.63) is 35.2 Å². The summed E-state index contributed by atoms with van der Waals surface area (Å²) >= 11 is 5.89. The van der Waals surface area contributed by atoms with Crippen LogP contribution in [0.4, 0.5) is 0 Å². The molecular formula is C14H12ClN3O4. The number of nitrogens with one attached hydrogen (secondary N) is 1. The SMILES string of the molecule is O=C(O)C1(C(=O)NCc2nc(-c3cccc(Cl)c3)no2)CC1. The van der Waals surface area contributed by atoms with Crippen LogP contribution in [0, 0.1) is 5.41 Å². The Kier molecular flexibility index (Phi) is 3.58. The number of aromatic nitrogens is 2. The minimum Gasteiger partial charge on any atom is -0.480 e. The third-order valence-corrected chi connectivity index (χ3v) is 3.78. The van der Waals surface area contributed by atoms with Crippen LogP contribution in [0.15, 0.2) is 28.8 Å². The van der Waals surface area contributed by atoms with Gasteiger partial charge in [0.15, 0.2) is 0 Å². The molecule has 0 bridgehead atoms. The van der Waals surface area contributed by atoms with Crippen LogP contribution in [-0.2, 0) is 16.1 Å². The minimum absolute atomic E-state index is 0.0125. The third-order valence-electron chi connectivity index (χ3n) is 3.55. The number of carbonyl (C=O) groups is 2. The van der Waals surface area contributed by atoms with Crippen molar-refractivity contribution >= 4 is 23.5 Å². The molecule has 0 aliphatic heterocycles. The van der Waals surface area contributed by atoms with Crippen molar-refractivity contribution in [3.63, 3.8) is 0 Å². The minimum atomic E-state index is -1.28. The van der Waals surface area contributed by atoms with Gasteiger partial charge in [-0.25, -0.2) is 0 Å². The number of hydrogen-bond donors (Lipinski definition) is 2. The molecule has 2 N–H and O–H groups in total. The molecule has 2 aromatic rings. The predicted octanol–water partition coefficient (Wildman–Crippen LogP) is 1.87. The Bertz CT molecular complexity index is 739. The van der Waals surface area contributed by atoms with E-state index < -0.39 is 17.3 Å². The Balaban J connectivity index is 1.65. The summed E-state index contributed by atoms with van der Waals surface area (Å²) in [6.07, 6.45) is 0.706. The molecule has 3 rings (SSSR count). The normalized spacial score (nSPS) is 15.3. The molecule has 1 aliphatic carbocycles. The Morgan fingerprint density at radius 1 is 1.41 bits per heavy atom. The van der Waals surface area contributed by atoms with Gasteiger partial charge in [0.1, 0.15) is 5.41 Å². The smallest absolute Gasteiger partial charge is 0.319 e. The molecule has 1 aromatic carbocycles. The van der Waals surface area contributed by atoms with E-state index in [-0.39, 0.29) is 12.4 Å². The lowest BCUT2D eigenvalue weighted by atomic mass is 10.1. The maximum atomic E-state index is 11.9. The molecule has 114 valence electrons. The van der Waals surface area contributed by atoms with Gasteiger partial charge in [0.2, 0.25) is 17.6 Å². The first-order chi connectivity index (χ1) is 10.5. The highest BCUT2D eigenvalue weighted by Crippen LogP contribution is 2.46. The second kappa shape index (κ2) is 5.42. The largest absolute Gasteiger partial charge is 0.480 e. The van der Waals surface area contributed by atoms with Gasteiger partial charge in [0.05, 0.1) is 6.54 Å². The Morgan fingerprint density at radius 2 is 2.18 bits per heavy atom. The van der Waals surface area contributed by atoms with E-state index in [1.54, 1.807) is 24.3 Å². The van der Waals surface area contributed by atoms with Gasteiger partial charge in [-0.3, -0.25) is 9.59 Å². The molecule has 1 aliphatic rings. The van der Waals surface area contributed by atoms with E-state index in [1.807, 2.05) is 0 Å². The van der Waals surface area contributed by atoms with E-state index in [4.69, 9.17) is 21.2 Å². The second-order valence-corrected chi connectivity index (χ2v) is 5.53. The van der Waals surface area contributed by atoms with Crippen molar-refractivity contribution in [2.45, 2.75) is 19.4 Å². The summed E-state index contributed by atoms with van der Waals surface area (Å²) in [5.41, 5.74) is -0.589. The number of amides is 1. The molecule has 1 fully saturated rings. The van der Waals surface area contributed by atoms with Crippen molar-refractivity contribution in [3.8, 4) is 11.4 Å². The van der Waals surface area contributed by atoms with Crippen LogP contribution in [0.1, 0.15) is 18.7 Å². The molecule has 1 amide bonds. The van der Waals surface area contributed by atoms with Crippen LogP contribution in [0.2, 0.25) is 5.02 Å². The summed E-state index contributed by atoms with van der Waals surface area (Å²) in [5, 5.41) is 15.9. The summed E-state index contributed by atoms with van der Waals surface area (Å²) in [5.74, 6) is -1.08. The van der Waals surface area contributed by atoms with E-state index in [9.17, 15) is 9.59 Å². The Hall–Kier alpha value is -2.41. The van der Waals surface area contributed by atoms with Crippen molar-refractivity contribution in [1.29, 1.82) is 0 Å². The molecule has 8 heteroatoms. The lowest BCUT2D eigenvalue weighted by Gasteiger charge is -2.08. The number of carbonyl (C=O) groups excluding carboxylic acids is 1. The van der Waals surface area contributed by atoms with Crippen molar-refractivity contribution in [2.24, 2.45) is 5.41 Å². The number of carboxylic acids is 1. The number of carboxylic acid groups (broad SMARTS) is 1. The Morgan fingerprint density at radius 3 is 2.82 bits per heavy atom. The van der Waals surface area contributed by atoms with E-state index in [0.717, 1.165) is 0 Å². The number of hydrogen-bond acceptors (Lipinski definition) is 5. The molecule has 1 aromatic heterocycles. The van der Waals surface area contributed by atoms with Gasteiger partial charge in [0.25, 0.3) is 0 Å². The van der Waals surface area contributed by atoms with Crippen LogP contribution in [0.5, 0.6) is 0 Å². The Labute approximate surface area is 130 Å².